The van der Waals surface area contributed by atoms with E-state index in [-0.39, 0.29) is 59.7 Å². The van der Waals surface area contributed by atoms with E-state index in [1.165, 1.54) is 0 Å². The number of ether oxygens (including phenoxy) is 2. The van der Waals surface area contributed by atoms with Crippen LogP contribution in [-0.2, 0) is 0 Å². The van der Waals surface area contributed by atoms with E-state index in [0.717, 1.165) is 50.0 Å². The predicted molar refractivity (Wildman–Crippen MR) is 220 cm³/mol. The number of anilines is 2. The lowest BCUT2D eigenvalue weighted by Crippen LogP contribution is -2.54. The topological polar surface area (TPSA) is 107 Å². The number of rotatable bonds is 11. The maximum atomic E-state index is 12.9. The Morgan fingerprint density at radius 1 is 0.661 bits per heavy atom. The molecule has 3 aliphatic rings. The zero-order valence-electron chi connectivity index (χ0n) is 32.1. The minimum Gasteiger partial charge on any atom is -0.490 e. The van der Waals surface area contributed by atoms with Gasteiger partial charge in [-0.05, 0) is 79.2 Å². The number of piperidine rings is 2. The van der Waals surface area contributed by atoms with Crippen molar-refractivity contribution in [3.8, 4) is 23.6 Å². The van der Waals surface area contributed by atoms with E-state index in [2.05, 4.69) is 46.2 Å². The van der Waals surface area contributed by atoms with Crippen molar-refractivity contribution in [2.45, 2.75) is 90.1 Å². The highest BCUT2D eigenvalue weighted by atomic mass is 35.5. The zero-order chi connectivity index (χ0) is 39.7. The molecule has 0 aliphatic carbocycles. The van der Waals surface area contributed by atoms with Crippen molar-refractivity contribution in [3.63, 3.8) is 0 Å². The van der Waals surface area contributed by atoms with Gasteiger partial charge in [0.25, 0.3) is 0 Å². The van der Waals surface area contributed by atoms with Crippen molar-refractivity contribution in [1.29, 1.82) is 10.5 Å². The van der Waals surface area contributed by atoms with E-state index in [4.69, 9.17) is 32.7 Å². The van der Waals surface area contributed by atoms with Crippen LogP contribution < -0.4 is 19.3 Å². The second kappa shape index (κ2) is 16.6. The van der Waals surface area contributed by atoms with Crippen molar-refractivity contribution < 1.29 is 19.1 Å². The first-order valence-electron chi connectivity index (χ1n) is 19.5. The minimum absolute atomic E-state index is 0.0802. The average molecular weight is 790 g/mol. The largest absolute Gasteiger partial charge is 0.490 e. The van der Waals surface area contributed by atoms with E-state index in [1.807, 2.05) is 64.1 Å². The first-order chi connectivity index (χ1) is 26.9. The van der Waals surface area contributed by atoms with Crippen LogP contribution in [-0.4, -0.2) is 48.4 Å². The molecule has 0 radical (unpaired) electrons. The number of hydrogen-bond donors (Lipinski definition) is 0. The van der Waals surface area contributed by atoms with Crippen LogP contribution in [0.4, 0.5) is 11.4 Å². The van der Waals surface area contributed by atoms with Crippen LogP contribution in [0.3, 0.4) is 0 Å². The third kappa shape index (κ3) is 8.10. The molecule has 0 saturated carbocycles. The van der Waals surface area contributed by atoms with Crippen LogP contribution in [0, 0.1) is 40.4 Å². The summed E-state index contributed by atoms with van der Waals surface area (Å²) < 4.78 is 13.3. The van der Waals surface area contributed by atoms with Crippen molar-refractivity contribution in [1.82, 2.24) is 0 Å². The van der Waals surface area contributed by atoms with E-state index in [9.17, 15) is 20.1 Å². The summed E-state index contributed by atoms with van der Waals surface area (Å²) in [5, 5.41) is 19.6. The smallest absolute Gasteiger partial charge is 0.165 e. The molecular formula is C46H46Cl2N4O4. The second-order valence-corrected chi connectivity index (χ2v) is 16.7. The lowest BCUT2D eigenvalue weighted by atomic mass is 9.82. The van der Waals surface area contributed by atoms with Crippen molar-refractivity contribution in [2.75, 3.05) is 16.3 Å². The van der Waals surface area contributed by atoms with E-state index in [0.29, 0.717) is 43.8 Å². The Hall–Kier alpha value is -5.02. The van der Waals surface area contributed by atoms with Crippen molar-refractivity contribution in [2.24, 2.45) is 17.8 Å². The Labute approximate surface area is 339 Å². The molecule has 0 aromatic heterocycles. The number of halogens is 2. The van der Waals surface area contributed by atoms with Gasteiger partial charge in [0.05, 0.1) is 21.2 Å². The average Bonchev–Trinajstić information content (AvgIpc) is 3.43. The molecule has 3 saturated heterocycles. The molecule has 0 amide bonds. The monoisotopic (exact) mass is 788 g/mol. The van der Waals surface area contributed by atoms with E-state index in [1.54, 1.807) is 24.3 Å². The lowest BCUT2D eigenvalue weighted by Gasteiger charge is -2.47. The second-order valence-electron chi connectivity index (χ2n) is 15.9. The van der Waals surface area contributed by atoms with Crippen LogP contribution in [0.2, 0.25) is 10.0 Å². The summed E-state index contributed by atoms with van der Waals surface area (Å²) in [7, 11) is 0. The van der Waals surface area contributed by atoms with Crippen molar-refractivity contribution >= 4 is 46.1 Å². The molecule has 4 aromatic carbocycles. The van der Waals surface area contributed by atoms with Gasteiger partial charge >= 0.3 is 0 Å². The van der Waals surface area contributed by atoms with Gasteiger partial charge in [0, 0.05) is 103 Å². The number of nitriles is 2. The molecule has 288 valence electrons. The predicted octanol–water partition coefficient (Wildman–Crippen LogP) is 10.3. The highest BCUT2D eigenvalue weighted by Gasteiger charge is 2.52. The first-order valence-corrected chi connectivity index (χ1v) is 20.3. The lowest BCUT2D eigenvalue weighted by molar-refractivity contribution is 0.0932. The standard InChI is InChI=1S/C46H46Cl2N4O4/c1-27(2)45(53)29-5-11-33(12-6-29)51-18-17-38(55-36-15-9-31(25-49)41(47)21-36)23-43(51)40-20-35-19-39(56-37-16-10-32(26-50)42(48)22-37)24-44(40)52(35)34-13-7-30(8-14-34)46(54)28(3)4/h5-16,21-22,27-28,35,38-40,43-44H,17-20,23-24H2,1-4H3. The van der Waals surface area contributed by atoms with Gasteiger partial charge < -0.3 is 19.3 Å². The Bertz CT molecular complexity index is 2180. The molecule has 10 heteroatoms. The first kappa shape index (κ1) is 39.2. The van der Waals surface area contributed by atoms with Crippen LogP contribution in [0.5, 0.6) is 11.5 Å². The minimum atomic E-state index is -0.0925. The van der Waals surface area contributed by atoms with Gasteiger partial charge in [-0.15, -0.1) is 0 Å². The third-order valence-corrected chi connectivity index (χ3v) is 12.3. The van der Waals surface area contributed by atoms with Gasteiger partial charge in [0.1, 0.15) is 35.8 Å². The zero-order valence-corrected chi connectivity index (χ0v) is 33.6. The van der Waals surface area contributed by atoms with Gasteiger partial charge in [0.15, 0.2) is 11.6 Å². The van der Waals surface area contributed by atoms with Crippen LogP contribution in [0.1, 0.15) is 91.6 Å². The summed E-state index contributed by atoms with van der Waals surface area (Å²) in [5.74, 6) is 1.56. The highest BCUT2D eigenvalue weighted by molar-refractivity contribution is 6.32. The molecule has 56 heavy (non-hydrogen) atoms. The number of carbonyl (C=O) groups is 2. The number of nitrogens with zero attached hydrogens (tertiary/aromatic N) is 4. The fourth-order valence-corrected chi connectivity index (χ4v) is 9.35. The molecule has 3 fully saturated rings. The highest BCUT2D eigenvalue weighted by Crippen LogP contribution is 2.48. The Morgan fingerprint density at radius 3 is 1.66 bits per heavy atom. The quantitative estimate of drug-likeness (QED) is 0.138. The molecule has 0 N–H and O–H groups in total. The molecule has 6 atom stereocenters. The third-order valence-electron chi connectivity index (χ3n) is 11.6. The van der Waals surface area contributed by atoms with Gasteiger partial charge in [-0.2, -0.15) is 10.5 Å². The number of benzene rings is 4. The molecule has 3 heterocycles. The van der Waals surface area contributed by atoms with Gasteiger partial charge in [-0.25, -0.2) is 0 Å². The Morgan fingerprint density at radius 2 is 1.16 bits per heavy atom. The molecule has 2 bridgehead atoms. The summed E-state index contributed by atoms with van der Waals surface area (Å²) >= 11 is 12.8. The molecular weight excluding hydrogens is 743 g/mol. The fourth-order valence-electron chi connectivity index (χ4n) is 8.92. The molecule has 6 unspecified atom stereocenters. The summed E-state index contributed by atoms with van der Waals surface area (Å²) in [4.78, 5) is 30.8. The van der Waals surface area contributed by atoms with Crippen LogP contribution >= 0.6 is 23.2 Å². The summed E-state index contributed by atoms with van der Waals surface area (Å²) in [6.07, 6.45) is 3.83. The van der Waals surface area contributed by atoms with Crippen molar-refractivity contribution in [3.05, 3.63) is 117 Å². The van der Waals surface area contributed by atoms with E-state index < -0.39 is 0 Å². The van der Waals surface area contributed by atoms with Gasteiger partial charge in [-0.1, -0.05) is 50.9 Å². The molecule has 4 aromatic rings. The summed E-state index contributed by atoms with van der Waals surface area (Å²) in [6, 6.07) is 31.2. The number of ketones is 2. The maximum absolute atomic E-state index is 12.9. The van der Waals surface area contributed by atoms with Crippen LogP contribution in [0.25, 0.3) is 0 Å². The summed E-state index contributed by atoms with van der Waals surface area (Å²) in [5.41, 5.74) is 4.39. The Balaban J connectivity index is 1.23. The molecule has 3 aliphatic heterocycles. The maximum Gasteiger partial charge on any atom is 0.165 e. The molecule has 0 spiro atoms. The number of hydrogen-bond acceptors (Lipinski definition) is 8. The molecule has 8 nitrogen and oxygen atoms in total. The number of carbonyl (C=O) groups excluding carboxylic acids is 2. The van der Waals surface area contributed by atoms with E-state index >= 15 is 0 Å². The fraction of sp³-hybridized carbons (Fsp3) is 0.391. The number of Topliss-reactive ketones (excluding diaryl/α,β-unsaturated/α-hetero) is 2. The Kier molecular flexibility index (Phi) is 11.6. The van der Waals surface area contributed by atoms with Crippen LogP contribution in [0.15, 0.2) is 84.9 Å². The molecule has 7 rings (SSSR count). The van der Waals surface area contributed by atoms with Gasteiger partial charge in [-0.3, -0.25) is 9.59 Å². The number of fused-ring (bicyclic) bond motifs is 2. The SMILES string of the molecule is CC(C)C(=O)c1ccc(N2CCC(Oc3ccc(C#N)c(Cl)c3)CC2C2CC3CC(Oc4ccc(C#N)c(Cl)c4)CC2N3c2ccc(C(=O)C(C)C)cc2)cc1. The summed E-state index contributed by atoms with van der Waals surface area (Å²) in [6.45, 7) is 8.44. The van der Waals surface area contributed by atoms with Gasteiger partial charge in [0.2, 0.25) is 0 Å². The normalized spacial score (nSPS) is 23.1.